The van der Waals surface area contributed by atoms with Crippen LogP contribution in [0, 0.1) is 0 Å². The highest BCUT2D eigenvalue weighted by Gasteiger charge is 2.26. The fourth-order valence-electron chi connectivity index (χ4n) is 3.52. The van der Waals surface area contributed by atoms with E-state index in [0.29, 0.717) is 13.1 Å². The van der Waals surface area contributed by atoms with Crippen molar-refractivity contribution in [2.75, 3.05) is 31.1 Å². The maximum absolute atomic E-state index is 12.8. The first kappa shape index (κ1) is 20.3. The lowest BCUT2D eigenvalue weighted by Gasteiger charge is -2.36. The normalized spacial score (nSPS) is 15.1. The zero-order valence-electron chi connectivity index (χ0n) is 17.3. The van der Waals surface area contributed by atoms with Gasteiger partial charge in [-0.3, -0.25) is 4.79 Å². The Bertz CT molecular complexity index is 950. The second-order valence-corrected chi connectivity index (χ2v) is 8.27. The molecule has 3 heterocycles. The van der Waals surface area contributed by atoms with E-state index in [4.69, 9.17) is 4.74 Å². The summed E-state index contributed by atoms with van der Waals surface area (Å²) in [5, 5.41) is 10.8. The van der Waals surface area contributed by atoms with Gasteiger partial charge in [-0.05, 0) is 54.6 Å². The number of rotatable bonds is 6. The molecule has 1 aliphatic heterocycles. The molecule has 7 heteroatoms. The number of nitrogens with zero attached hydrogens (tertiary/aromatic N) is 4. The standard InChI is InChI=1S/C23H26N4O2S/c1-3-18-6-8-19(9-7-18)29-17(2)23(28)27-14-12-26(13-15-27)22-11-10-20(24-25-22)21-5-4-16-30-21/h4-11,16-17H,3,12-15H2,1-2H3. The Morgan fingerprint density at radius 2 is 1.83 bits per heavy atom. The van der Waals surface area contributed by atoms with Crippen molar-refractivity contribution in [3.05, 3.63) is 59.5 Å². The summed E-state index contributed by atoms with van der Waals surface area (Å²) in [6.45, 7) is 6.70. The smallest absolute Gasteiger partial charge is 0.263 e. The molecule has 0 aliphatic carbocycles. The summed E-state index contributed by atoms with van der Waals surface area (Å²) < 4.78 is 5.86. The number of ether oxygens (including phenoxy) is 1. The van der Waals surface area contributed by atoms with Crippen LogP contribution in [0.1, 0.15) is 19.4 Å². The molecule has 0 N–H and O–H groups in total. The number of aryl methyl sites for hydroxylation is 1. The number of hydrogen-bond donors (Lipinski definition) is 0. The number of piperazine rings is 1. The second kappa shape index (κ2) is 9.26. The molecule has 0 bridgehead atoms. The Hall–Kier alpha value is -2.93. The number of carbonyl (C=O) groups excluding carboxylic acids is 1. The lowest BCUT2D eigenvalue weighted by atomic mass is 10.2. The van der Waals surface area contributed by atoms with Crippen LogP contribution in [0.4, 0.5) is 5.82 Å². The van der Waals surface area contributed by atoms with Gasteiger partial charge in [-0.1, -0.05) is 25.1 Å². The van der Waals surface area contributed by atoms with E-state index in [2.05, 4.69) is 22.0 Å². The van der Waals surface area contributed by atoms with E-state index in [1.807, 2.05) is 65.7 Å². The predicted molar refractivity (Wildman–Crippen MR) is 120 cm³/mol. The molecule has 0 saturated carbocycles. The molecule has 6 nitrogen and oxygen atoms in total. The van der Waals surface area contributed by atoms with Gasteiger partial charge in [0, 0.05) is 26.2 Å². The van der Waals surface area contributed by atoms with E-state index in [0.717, 1.165) is 41.6 Å². The lowest BCUT2D eigenvalue weighted by Crippen LogP contribution is -2.52. The third-order valence-electron chi connectivity index (χ3n) is 5.33. The molecule has 1 fully saturated rings. The fraction of sp³-hybridized carbons (Fsp3) is 0.348. The first-order chi connectivity index (χ1) is 14.6. The van der Waals surface area contributed by atoms with Crippen LogP contribution in [0.15, 0.2) is 53.9 Å². The third-order valence-corrected chi connectivity index (χ3v) is 6.22. The van der Waals surface area contributed by atoms with E-state index >= 15 is 0 Å². The number of amides is 1. The van der Waals surface area contributed by atoms with Crippen molar-refractivity contribution < 1.29 is 9.53 Å². The number of aromatic nitrogens is 2. The molecule has 1 saturated heterocycles. The summed E-state index contributed by atoms with van der Waals surface area (Å²) in [5.74, 6) is 1.60. The predicted octanol–water partition coefficient (Wildman–Crippen LogP) is 3.88. The average molecular weight is 423 g/mol. The van der Waals surface area contributed by atoms with E-state index in [1.54, 1.807) is 11.3 Å². The van der Waals surface area contributed by atoms with E-state index in [9.17, 15) is 4.79 Å². The van der Waals surface area contributed by atoms with Crippen LogP contribution in [-0.4, -0.2) is 53.3 Å². The number of thiophene rings is 1. The monoisotopic (exact) mass is 422 g/mol. The molecule has 1 unspecified atom stereocenters. The average Bonchev–Trinajstić information content (AvgIpc) is 3.34. The van der Waals surface area contributed by atoms with Crippen molar-refractivity contribution >= 4 is 23.1 Å². The highest BCUT2D eigenvalue weighted by molar-refractivity contribution is 7.13. The van der Waals surface area contributed by atoms with Gasteiger partial charge in [0.2, 0.25) is 0 Å². The molecule has 156 valence electrons. The number of benzene rings is 1. The Kier molecular flexibility index (Phi) is 6.28. The van der Waals surface area contributed by atoms with Gasteiger partial charge < -0.3 is 14.5 Å². The highest BCUT2D eigenvalue weighted by atomic mass is 32.1. The van der Waals surface area contributed by atoms with Crippen LogP contribution in [0.3, 0.4) is 0 Å². The molecule has 0 radical (unpaired) electrons. The SMILES string of the molecule is CCc1ccc(OC(C)C(=O)N2CCN(c3ccc(-c4cccs4)nn3)CC2)cc1. The van der Waals surface area contributed by atoms with Gasteiger partial charge in [0.25, 0.3) is 5.91 Å². The third kappa shape index (κ3) is 4.62. The summed E-state index contributed by atoms with van der Waals surface area (Å²) in [4.78, 5) is 18.0. The van der Waals surface area contributed by atoms with Crippen LogP contribution in [0.2, 0.25) is 0 Å². The fourth-order valence-corrected chi connectivity index (χ4v) is 4.21. The Balaban J connectivity index is 1.30. The number of carbonyl (C=O) groups is 1. The maximum atomic E-state index is 12.8. The second-order valence-electron chi connectivity index (χ2n) is 7.32. The van der Waals surface area contributed by atoms with Gasteiger partial charge in [-0.15, -0.1) is 21.5 Å². The molecule has 1 atom stereocenters. The van der Waals surface area contributed by atoms with Gasteiger partial charge in [0.1, 0.15) is 11.4 Å². The summed E-state index contributed by atoms with van der Waals surface area (Å²) in [6.07, 6.45) is 0.481. The molecule has 1 amide bonds. The van der Waals surface area contributed by atoms with Gasteiger partial charge >= 0.3 is 0 Å². The van der Waals surface area contributed by atoms with Crippen LogP contribution in [0.25, 0.3) is 10.6 Å². The van der Waals surface area contributed by atoms with Crippen LogP contribution < -0.4 is 9.64 Å². The minimum atomic E-state index is -0.506. The molecular formula is C23H26N4O2S. The van der Waals surface area contributed by atoms with Gasteiger partial charge in [0.15, 0.2) is 11.9 Å². The Morgan fingerprint density at radius 3 is 2.43 bits per heavy atom. The van der Waals surface area contributed by atoms with E-state index in [1.165, 1.54) is 5.56 Å². The molecule has 1 aliphatic rings. The largest absolute Gasteiger partial charge is 0.481 e. The van der Waals surface area contributed by atoms with Crippen molar-refractivity contribution in [3.8, 4) is 16.3 Å². The van der Waals surface area contributed by atoms with Crippen LogP contribution in [-0.2, 0) is 11.2 Å². The summed E-state index contributed by atoms with van der Waals surface area (Å²) in [6, 6.07) is 16.0. The lowest BCUT2D eigenvalue weighted by molar-refractivity contribution is -0.138. The molecule has 0 spiro atoms. The van der Waals surface area contributed by atoms with Crippen LogP contribution >= 0.6 is 11.3 Å². The summed E-state index contributed by atoms with van der Waals surface area (Å²) in [5.41, 5.74) is 2.14. The number of anilines is 1. The van der Waals surface area contributed by atoms with Crippen molar-refractivity contribution in [2.24, 2.45) is 0 Å². The molecule has 30 heavy (non-hydrogen) atoms. The molecule has 4 rings (SSSR count). The quantitative estimate of drug-likeness (QED) is 0.603. The van der Waals surface area contributed by atoms with Crippen molar-refractivity contribution in [2.45, 2.75) is 26.4 Å². The molecule has 1 aromatic carbocycles. The molecular weight excluding hydrogens is 396 g/mol. The molecule has 3 aromatic rings. The minimum Gasteiger partial charge on any atom is -0.481 e. The van der Waals surface area contributed by atoms with E-state index < -0.39 is 6.10 Å². The molecule has 2 aromatic heterocycles. The van der Waals surface area contributed by atoms with Gasteiger partial charge in [-0.2, -0.15) is 0 Å². The Labute approximate surface area is 181 Å². The van der Waals surface area contributed by atoms with Gasteiger partial charge in [0.05, 0.1) is 4.88 Å². The summed E-state index contributed by atoms with van der Waals surface area (Å²) >= 11 is 1.65. The first-order valence-electron chi connectivity index (χ1n) is 10.3. The highest BCUT2D eigenvalue weighted by Crippen LogP contribution is 2.23. The van der Waals surface area contributed by atoms with Crippen LogP contribution in [0.5, 0.6) is 5.75 Å². The topological polar surface area (TPSA) is 58.6 Å². The minimum absolute atomic E-state index is 0.0216. The maximum Gasteiger partial charge on any atom is 0.263 e. The van der Waals surface area contributed by atoms with Crippen molar-refractivity contribution in [3.63, 3.8) is 0 Å². The number of hydrogen-bond acceptors (Lipinski definition) is 6. The zero-order valence-corrected chi connectivity index (χ0v) is 18.1. The van der Waals surface area contributed by atoms with Gasteiger partial charge in [-0.25, -0.2) is 0 Å². The van der Waals surface area contributed by atoms with Crippen molar-refractivity contribution in [1.82, 2.24) is 15.1 Å². The Morgan fingerprint density at radius 1 is 1.07 bits per heavy atom. The summed E-state index contributed by atoms with van der Waals surface area (Å²) in [7, 11) is 0. The van der Waals surface area contributed by atoms with E-state index in [-0.39, 0.29) is 5.91 Å². The van der Waals surface area contributed by atoms with Crippen molar-refractivity contribution in [1.29, 1.82) is 0 Å². The zero-order chi connectivity index (χ0) is 20.9. The first-order valence-corrected chi connectivity index (χ1v) is 11.2.